The number of fused-ring (bicyclic) bond motifs is 2. The summed E-state index contributed by atoms with van der Waals surface area (Å²) in [6.07, 6.45) is 3.24. The molecule has 2 aromatic heterocycles. The lowest BCUT2D eigenvalue weighted by Gasteiger charge is -2.21. The summed E-state index contributed by atoms with van der Waals surface area (Å²) in [5.74, 6) is 1.08. The minimum atomic E-state index is -0.306. The van der Waals surface area contributed by atoms with Crippen molar-refractivity contribution < 1.29 is 14.3 Å². The Hall–Kier alpha value is -3.29. The molecule has 3 aromatic rings. The van der Waals surface area contributed by atoms with Gasteiger partial charge in [0.2, 0.25) is 5.91 Å². The second-order valence-corrected chi connectivity index (χ2v) is 6.09. The predicted octanol–water partition coefficient (Wildman–Crippen LogP) is 1.14. The smallest absolute Gasteiger partial charge is 0.291 e. The zero-order valence-corrected chi connectivity index (χ0v) is 14.2. The Morgan fingerprint density at radius 1 is 1.27 bits per heavy atom. The minimum Gasteiger partial charge on any atom is -0.486 e. The van der Waals surface area contributed by atoms with E-state index >= 15 is 0 Å². The zero-order valence-electron chi connectivity index (χ0n) is 14.2. The molecule has 0 spiro atoms. The molecule has 4 rings (SSSR count). The fourth-order valence-corrected chi connectivity index (χ4v) is 2.93. The van der Waals surface area contributed by atoms with Crippen LogP contribution in [0.3, 0.4) is 0 Å². The van der Waals surface area contributed by atoms with Gasteiger partial charge >= 0.3 is 0 Å². The molecule has 1 aliphatic rings. The van der Waals surface area contributed by atoms with Crippen LogP contribution in [-0.4, -0.2) is 33.3 Å². The average molecular weight is 354 g/mol. The zero-order chi connectivity index (χ0) is 18.1. The van der Waals surface area contributed by atoms with E-state index in [0.29, 0.717) is 30.2 Å². The number of carbonyl (C=O) groups is 1. The van der Waals surface area contributed by atoms with Crippen molar-refractivity contribution in [2.24, 2.45) is 0 Å². The van der Waals surface area contributed by atoms with Crippen molar-refractivity contribution in [1.82, 2.24) is 19.5 Å². The molecule has 0 aliphatic carbocycles. The number of hydrogen-bond acceptors (Lipinski definition) is 5. The first-order valence-electron chi connectivity index (χ1n) is 8.33. The molecular weight excluding hydrogens is 336 g/mol. The van der Waals surface area contributed by atoms with E-state index in [4.69, 9.17) is 9.47 Å². The van der Waals surface area contributed by atoms with Crippen molar-refractivity contribution in [2.75, 3.05) is 13.2 Å². The second kappa shape index (κ2) is 6.55. The molecule has 1 amide bonds. The number of aromatic nitrogens is 3. The SMILES string of the molecule is CC(NC(=O)Cn1ncn2cccc2c1=O)c1ccc2c(c1)OCCO2. The molecule has 0 saturated carbocycles. The number of amides is 1. The summed E-state index contributed by atoms with van der Waals surface area (Å²) in [5, 5.41) is 6.90. The van der Waals surface area contributed by atoms with Gasteiger partial charge in [0.1, 0.15) is 31.6 Å². The summed E-state index contributed by atoms with van der Waals surface area (Å²) in [6, 6.07) is 8.78. The maximum absolute atomic E-state index is 12.3. The van der Waals surface area contributed by atoms with Crippen LogP contribution >= 0.6 is 0 Å². The van der Waals surface area contributed by atoms with E-state index in [0.717, 1.165) is 10.2 Å². The third kappa shape index (κ3) is 3.01. The number of nitrogens with zero attached hydrogens (tertiary/aromatic N) is 3. The Morgan fingerprint density at radius 2 is 2.08 bits per heavy atom. The van der Waals surface area contributed by atoms with Gasteiger partial charge in [0.15, 0.2) is 11.5 Å². The summed E-state index contributed by atoms with van der Waals surface area (Å²) in [6.45, 7) is 2.77. The molecule has 3 heterocycles. The summed E-state index contributed by atoms with van der Waals surface area (Å²) in [4.78, 5) is 24.6. The van der Waals surface area contributed by atoms with Crippen molar-refractivity contribution in [1.29, 1.82) is 0 Å². The van der Waals surface area contributed by atoms with Gasteiger partial charge in [-0.1, -0.05) is 6.07 Å². The van der Waals surface area contributed by atoms with E-state index in [2.05, 4.69) is 10.4 Å². The summed E-state index contributed by atoms with van der Waals surface area (Å²) in [5.41, 5.74) is 1.07. The first-order chi connectivity index (χ1) is 12.6. The van der Waals surface area contributed by atoms with Crippen LogP contribution in [-0.2, 0) is 11.3 Å². The molecule has 8 heteroatoms. The van der Waals surface area contributed by atoms with Crippen LogP contribution in [0.15, 0.2) is 47.7 Å². The van der Waals surface area contributed by atoms with E-state index in [1.807, 2.05) is 25.1 Å². The lowest BCUT2D eigenvalue weighted by atomic mass is 10.1. The molecule has 1 aliphatic heterocycles. The molecule has 1 atom stereocenters. The van der Waals surface area contributed by atoms with Crippen LogP contribution in [0.25, 0.3) is 5.52 Å². The standard InChI is InChI=1S/C18H18N4O4/c1-12(13-4-5-15-16(9-13)26-8-7-25-15)20-17(23)10-22-18(24)14-3-2-6-21(14)11-19-22/h2-6,9,11-12H,7-8,10H2,1H3,(H,20,23). The highest BCUT2D eigenvalue weighted by molar-refractivity contribution is 5.76. The average Bonchev–Trinajstić information content (AvgIpc) is 3.13. The number of nitrogens with one attached hydrogen (secondary N) is 1. The van der Waals surface area contributed by atoms with Gasteiger partial charge < -0.3 is 19.2 Å². The van der Waals surface area contributed by atoms with Gasteiger partial charge in [0, 0.05) is 6.20 Å². The quantitative estimate of drug-likeness (QED) is 0.759. The van der Waals surface area contributed by atoms with Crippen LogP contribution in [0, 0.1) is 0 Å². The fraction of sp³-hybridized carbons (Fsp3) is 0.278. The Balaban J connectivity index is 1.47. The predicted molar refractivity (Wildman–Crippen MR) is 93.4 cm³/mol. The molecule has 0 fully saturated rings. The van der Waals surface area contributed by atoms with Gasteiger partial charge in [0.25, 0.3) is 5.56 Å². The van der Waals surface area contributed by atoms with Crippen LogP contribution in [0.1, 0.15) is 18.5 Å². The van der Waals surface area contributed by atoms with Crippen molar-refractivity contribution >= 4 is 11.4 Å². The molecule has 0 radical (unpaired) electrons. The molecule has 0 bridgehead atoms. The monoisotopic (exact) mass is 354 g/mol. The van der Waals surface area contributed by atoms with Crippen molar-refractivity contribution in [2.45, 2.75) is 19.5 Å². The topological polar surface area (TPSA) is 86.9 Å². The first-order valence-corrected chi connectivity index (χ1v) is 8.33. The molecule has 1 unspecified atom stereocenters. The third-order valence-corrected chi connectivity index (χ3v) is 4.29. The summed E-state index contributed by atoms with van der Waals surface area (Å²) >= 11 is 0. The van der Waals surface area contributed by atoms with Gasteiger partial charge in [-0.25, -0.2) is 4.68 Å². The second-order valence-electron chi connectivity index (χ2n) is 6.09. The van der Waals surface area contributed by atoms with E-state index in [1.165, 1.54) is 6.33 Å². The van der Waals surface area contributed by atoms with E-state index < -0.39 is 0 Å². The van der Waals surface area contributed by atoms with Crippen molar-refractivity contribution in [3.63, 3.8) is 0 Å². The normalized spacial score (nSPS) is 14.2. The van der Waals surface area contributed by atoms with Crippen LogP contribution in [0.2, 0.25) is 0 Å². The van der Waals surface area contributed by atoms with Crippen LogP contribution in [0.4, 0.5) is 0 Å². The number of hydrogen-bond donors (Lipinski definition) is 1. The fourth-order valence-electron chi connectivity index (χ4n) is 2.93. The van der Waals surface area contributed by atoms with Crippen molar-refractivity contribution in [3.05, 3.63) is 58.8 Å². The molecular formula is C18H18N4O4. The highest BCUT2D eigenvalue weighted by atomic mass is 16.6. The van der Waals surface area contributed by atoms with Gasteiger partial charge in [-0.3, -0.25) is 9.59 Å². The Labute approximate surface area is 149 Å². The Kier molecular flexibility index (Phi) is 4.08. The summed E-state index contributed by atoms with van der Waals surface area (Å²) < 4.78 is 13.8. The van der Waals surface area contributed by atoms with Gasteiger partial charge in [-0.05, 0) is 36.8 Å². The summed E-state index contributed by atoms with van der Waals surface area (Å²) in [7, 11) is 0. The molecule has 0 saturated heterocycles. The molecule has 8 nitrogen and oxygen atoms in total. The van der Waals surface area contributed by atoms with Crippen LogP contribution in [0.5, 0.6) is 11.5 Å². The highest BCUT2D eigenvalue weighted by Gasteiger charge is 2.16. The number of benzene rings is 1. The van der Waals surface area contributed by atoms with E-state index in [9.17, 15) is 9.59 Å². The van der Waals surface area contributed by atoms with E-state index in [1.54, 1.807) is 22.7 Å². The first kappa shape index (κ1) is 16.2. The lowest BCUT2D eigenvalue weighted by Crippen LogP contribution is -2.35. The highest BCUT2D eigenvalue weighted by Crippen LogP contribution is 2.32. The van der Waals surface area contributed by atoms with Gasteiger partial charge in [-0.15, -0.1) is 0 Å². The molecule has 1 N–H and O–H groups in total. The lowest BCUT2D eigenvalue weighted by molar-refractivity contribution is -0.122. The number of ether oxygens (including phenoxy) is 2. The Bertz CT molecular complexity index is 1020. The third-order valence-electron chi connectivity index (χ3n) is 4.29. The number of rotatable bonds is 4. The Morgan fingerprint density at radius 3 is 2.92 bits per heavy atom. The van der Waals surface area contributed by atoms with Crippen molar-refractivity contribution in [3.8, 4) is 11.5 Å². The largest absolute Gasteiger partial charge is 0.486 e. The molecule has 134 valence electrons. The number of carbonyl (C=O) groups excluding carboxylic acids is 1. The molecule has 1 aromatic carbocycles. The maximum atomic E-state index is 12.3. The molecule has 26 heavy (non-hydrogen) atoms. The van der Waals surface area contributed by atoms with Gasteiger partial charge in [-0.2, -0.15) is 5.10 Å². The maximum Gasteiger partial charge on any atom is 0.291 e. The minimum absolute atomic E-state index is 0.143. The van der Waals surface area contributed by atoms with Crippen LogP contribution < -0.4 is 20.3 Å². The van der Waals surface area contributed by atoms with E-state index in [-0.39, 0.29) is 24.1 Å². The van der Waals surface area contributed by atoms with Gasteiger partial charge in [0.05, 0.1) is 6.04 Å².